The highest BCUT2D eigenvalue weighted by Gasteiger charge is 2.17. The topological polar surface area (TPSA) is 91.7 Å². The standard InChI is InChI=1S/C24H19Cl2N3O5/c1-32-20-9-7-14(11-21(20)33-2)23-27-18-6-4-3-5-16(18)24(31)29(23)28-22(30)13-34-19-10-8-15(25)12-17(19)26/h3-12H,13H2,1-2H3,(H,28,30). The van der Waals surface area contributed by atoms with Crippen LogP contribution in [-0.2, 0) is 4.79 Å². The number of hydrogen-bond donors (Lipinski definition) is 1. The zero-order valence-corrected chi connectivity index (χ0v) is 19.7. The normalized spacial score (nSPS) is 10.7. The molecule has 0 spiro atoms. The Labute approximate surface area is 204 Å². The van der Waals surface area contributed by atoms with Crippen molar-refractivity contribution in [1.29, 1.82) is 0 Å². The van der Waals surface area contributed by atoms with Crippen LogP contribution < -0.4 is 25.2 Å². The molecule has 0 unspecified atom stereocenters. The van der Waals surface area contributed by atoms with Crippen molar-refractivity contribution in [3.05, 3.63) is 81.1 Å². The van der Waals surface area contributed by atoms with Gasteiger partial charge in [-0.1, -0.05) is 35.3 Å². The summed E-state index contributed by atoms with van der Waals surface area (Å²) < 4.78 is 17.2. The van der Waals surface area contributed by atoms with E-state index in [1.54, 1.807) is 54.6 Å². The van der Waals surface area contributed by atoms with Crippen molar-refractivity contribution in [2.75, 3.05) is 26.3 Å². The Hall–Kier alpha value is -3.75. The summed E-state index contributed by atoms with van der Waals surface area (Å²) in [7, 11) is 3.03. The molecule has 1 N–H and O–H groups in total. The van der Waals surface area contributed by atoms with Gasteiger partial charge >= 0.3 is 0 Å². The number of amides is 1. The second kappa shape index (κ2) is 10.0. The van der Waals surface area contributed by atoms with Crippen molar-refractivity contribution in [2.45, 2.75) is 0 Å². The fraction of sp³-hybridized carbons (Fsp3) is 0.125. The first-order valence-corrected chi connectivity index (χ1v) is 10.8. The van der Waals surface area contributed by atoms with Crippen LogP contribution in [0.3, 0.4) is 0 Å². The molecule has 0 radical (unpaired) electrons. The lowest BCUT2D eigenvalue weighted by molar-refractivity contribution is -0.119. The van der Waals surface area contributed by atoms with Gasteiger partial charge in [-0.15, -0.1) is 0 Å². The number of nitrogens with zero attached hydrogens (tertiary/aromatic N) is 2. The minimum absolute atomic E-state index is 0.211. The lowest BCUT2D eigenvalue weighted by atomic mass is 10.1. The maximum Gasteiger partial charge on any atom is 0.280 e. The summed E-state index contributed by atoms with van der Waals surface area (Å²) >= 11 is 12.0. The van der Waals surface area contributed by atoms with Gasteiger partial charge in [0.1, 0.15) is 5.75 Å². The molecule has 34 heavy (non-hydrogen) atoms. The number of fused-ring (bicyclic) bond motifs is 1. The van der Waals surface area contributed by atoms with E-state index in [-0.39, 0.29) is 16.6 Å². The second-order valence-corrected chi connectivity index (χ2v) is 7.90. The molecule has 3 aromatic carbocycles. The predicted octanol–water partition coefficient (Wildman–Crippen LogP) is 4.54. The molecule has 174 valence electrons. The summed E-state index contributed by atoms with van der Waals surface area (Å²) in [5, 5.41) is 1.04. The molecule has 0 fully saturated rings. The van der Waals surface area contributed by atoms with E-state index in [0.29, 0.717) is 33.0 Å². The van der Waals surface area contributed by atoms with Crippen LogP contribution in [0.4, 0.5) is 0 Å². The molecule has 0 aliphatic rings. The minimum atomic E-state index is -0.591. The fourth-order valence-corrected chi connectivity index (χ4v) is 3.76. The highest BCUT2D eigenvalue weighted by molar-refractivity contribution is 6.35. The third-order valence-electron chi connectivity index (χ3n) is 4.91. The number of carbonyl (C=O) groups is 1. The minimum Gasteiger partial charge on any atom is -0.493 e. The third-order valence-corrected chi connectivity index (χ3v) is 5.44. The van der Waals surface area contributed by atoms with Crippen molar-refractivity contribution >= 4 is 40.0 Å². The van der Waals surface area contributed by atoms with E-state index in [1.807, 2.05) is 0 Å². The quantitative estimate of drug-likeness (QED) is 0.401. The smallest absolute Gasteiger partial charge is 0.280 e. The number of benzene rings is 3. The van der Waals surface area contributed by atoms with Gasteiger partial charge in [-0.2, -0.15) is 4.68 Å². The summed E-state index contributed by atoms with van der Waals surface area (Å²) in [4.78, 5) is 30.6. The summed E-state index contributed by atoms with van der Waals surface area (Å²) in [6.45, 7) is -0.397. The van der Waals surface area contributed by atoms with Gasteiger partial charge in [0.25, 0.3) is 11.5 Å². The Morgan fingerprint density at radius 1 is 0.971 bits per heavy atom. The van der Waals surface area contributed by atoms with Crippen molar-refractivity contribution in [3.8, 4) is 28.6 Å². The summed E-state index contributed by atoms with van der Waals surface area (Å²) in [5.74, 6) is 0.860. The SMILES string of the molecule is COc1ccc(-c2nc3ccccc3c(=O)n2NC(=O)COc2ccc(Cl)cc2Cl)cc1OC. The Morgan fingerprint density at radius 2 is 1.71 bits per heavy atom. The Bertz CT molecular complexity index is 1440. The highest BCUT2D eigenvalue weighted by Crippen LogP contribution is 2.32. The van der Waals surface area contributed by atoms with Crippen LogP contribution in [-0.4, -0.2) is 36.4 Å². The average Bonchev–Trinajstić information content (AvgIpc) is 2.84. The molecule has 10 heteroatoms. The van der Waals surface area contributed by atoms with Gasteiger partial charge in [0.2, 0.25) is 0 Å². The van der Waals surface area contributed by atoms with Crippen molar-refractivity contribution in [2.24, 2.45) is 0 Å². The van der Waals surface area contributed by atoms with Crippen LogP contribution >= 0.6 is 23.2 Å². The van der Waals surface area contributed by atoms with Gasteiger partial charge in [0.05, 0.1) is 30.1 Å². The van der Waals surface area contributed by atoms with Crippen molar-refractivity contribution in [3.63, 3.8) is 0 Å². The maximum atomic E-state index is 13.3. The Balaban J connectivity index is 1.71. The molecular weight excluding hydrogens is 481 g/mol. The van der Waals surface area contributed by atoms with E-state index in [0.717, 1.165) is 4.68 Å². The molecule has 8 nitrogen and oxygen atoms in total. The Morgan fingerprint density at radius 3 is 2.44 bits per heavy atom. The van der Waals surface area contributed by atoms with Crippen LogP contribution in [0, 0.1) is 0 Å². The highest BCUT2D eigenvalue weighted by atomic mass is 35.5. The van der Waals surface area contributed by atoms with E-state index in [4.69, 9.17) is 37.4 Å². The molecule has 1 aromatic heterocycles. The molecule has 0 aliphatic carbocycles. The van der Waals surface area contributed by atoms with Crippen molar-refractivity contribution < 1.29 is 19.0 Å². The number of ether oxygens (including phenoxy) is 3. The van der Waals surface area contributed by atoms with Crippen molar-refractivity contribution in [1.82, 2.24) is 9.66 Å². The number of para-hydroxylation sites is 1. The third kappa shape index (κ3) is 4.78. The average molecular weight is 500 g/mol. The predicted molar refractivity (Wildman–Crippen MR) is 131 cm³/mol. The van der Waals surface area contributed by atoms with Gasteiger partial charge in [0.15, 0.2) is 23.9 Å². The molecule has 0 saturated heterocycles. The molecule has 4 aromatic rings. The molecule has 4 rings (SSSR count). The van der Waals surface area contributed by atoms with Gasteiger partial charge in [-0.3, -0.25) is 15.0 Å². The zero-order chi connectivity index (χ0) is 24.2. The van der Waals surface area contributed by atoms with E-state index < -0.39 is 18.1 Å². The van der Waals surface area contributed by atoms with Gasteiger partial charge in [-0.05, 0) is 48.5 Å². The Kier molecular flexibility index (Phi) is 6.90. The number of hydrogen-bond acceptors (Lipinski definition) is 6. The van der Waals surface area contributed by atoms with Crippen LogP contribution in [0.5, 0.6) is 17.2 Å². The fourth-order valence-electron chi connectivity index (χ4n) is 3.30. The lowest BCUT2D eigenvalue weighted by Gasteiger charge is -2.16. The molecular formula is C24H19Cl2N3O5. The van der Waals surface area contributed by atoms with E-state index in [1.165, 1.54) is 20.3 Å². The summed E-state index contributed by atoms with van der Waals surface area (Å²) in [6, 6.07) is 16.6. The van der Waals surface area contributed by atoms with Crippen LogP contribution in [0.15, 0.2) is 65.5 Å². The first-order valence-electron chi connectivity index (χ1n) is 10.0. The number of halogens is 2. The van der Waals surface area contributed by atoms with Crippen LogP contribution in [0.25, 0.3) is 22.3 Å². The molecule has 0 atom stereocenters. The molecule has 0 aliphatic heterocycles. The molecule has 1 heterocycles. The van der Waals surface area contributed by atoms with Crippen LogP contribution in [0.2, 0.25) is 10.0 Å². The molecule has 0 saturated carbocycles. The van der Waals surface area contributed by atoms with Crippen LogP contribution in [0.1, 0.15) is 0 Å². The second-order valence-electron chi connectivity index (χ2n) is 7.06. The summed E-state index contributed by atoms with van der Waals surface area (Å²) in [5.41, 5.74) is 3.13. The monoisotopic (exact) mass is 499 g/mol. The number of aromatic nitrogens is 2. The molecule has 1 amide bonds. The first-order chi connectivity index (χ1) is 16.4. The van der Waals surface area contributed by atoms with Gasteiger partial charge < -0.3 is 14.2 Å². The van der Waals surface area contributed by atoms with E-state index in [9.17, 15) is 9.59 Å². The number of rotatable bonds is 7. The van der Waals surface area contributed by atoms with Gasteiger partial charge in [0, 0.05) is 10.6 Å². The lowest BCUT2D eigenvalue weighted by Crippen LogP contribution is -2.37. The zero-order valence-electron chi connectivity index (χ0n) is 18.2. The van der Waals surface area contributed by atoms with Gasteiger partial charge in [-0.25, -0.2) is 4.98 Å². The largest absolute Gasteiger partial charge is 0.493 e. The number of nitrogens with one attached hydrogen (secondary N) is 1. The number of carbonyl (C=O) groups excluding carboxylic acids is 1. The first kappa shape index (κ1) is 23.4. The maximum absolute atomic E-state index is 13.3. The van der Waals surface area contributed by atoms with E-state index >= 15 is 0 Å². The summed E-state index contributed by atoms with van der Waals surface area (Å²) in [6.07, 6.45) is 0. The molecule has 0 bridgehead atoms. The number of methoxy groups -OCH3 is 2. The van der Waals surface area contributed by atoms with E-state index in [2.05, 4.69) is 10.4 Å².